The number of benzene rings is 2. The Morgan fingerprint density at radius 3 is 2.22 bits per heavy atom. The molecule has 168 valence electrons. The summed E-state index contributed by atoms with van der Waals surface area (Å²) in [6.45, 7) is 7.71. The fourth-order valence-electron chi connectivity index (χ4n) is 3.91. The summed E-state index contributed by atoms with van der Waals surface area (Å²) < 4.78 is 11.7. The molecule has 1 aliphatic rings. The van der Waals surface area contributed by atoms with Gasteiger partial charge in [0.1, 0.15) is 18.1 Å². The zero-order chi connectivity index (χ0) is 22.7. The second kappa shape index (κ2) is 9.99. The molecule has 1 aromatic heterocycles. The number of ether oxygens (including phenoxy) is 1. The number of hydrogen-bond acceptors (Lipinski definition) is 4. The summed E-state index contributed by atoms with van der Waals surface area (Å²) in [5.74, 6) is 1.72. The van der Waals surface area contributed by atoms with E-state index in [1.165, 1.54) is 0 Å². The zero-order valence-corrected chi connectivity index (χ0v) is 19.7. The number of nitrogens with zero attached hydrogens (tertiary/aromatic N) is 2. The Kier molecular flexibility index (Phi) is 7.09. The van der Waals surface area contributed by atoms with Crippen molar-refractivity contribution in [2.24, 2.45) is 0 Å². The second-order valence-electron chi connectivity index (χ2n) is 8.04. The van der Waals surface area contributed by atoms with Gasteiger partial charge in [-0.1, -0.05) is 47.5 Å². The number of rotatable bonds is 6. The topological polar surface area (TPSA) is 45.9 Å². The van der Waals surface area contributed by atoms with Gasteiger partial charge in [0.15, 0.2) is 5.76 Å². The van der Waals surface area contributed by atoms with Gasteiger partial charge in [-0.15, -0.1) is 0 Å². The monoisotopic (exact) mass is 472 g/mol. The lowest BCUT2D eigenvalue weighted by molar-refractivity contribution is 0.0594. The molecule has 7 heteroatoms. The van der Waals surface area contributed by atoms with Gasteiger partial charge in [0.05, 0.1) is 0 Å². The minimum Gasteiger partial charge on any atom is -0.485 e. The molecule has 1 aliphatic heterocycles. The van der Waals surface area contributed by atoms with E-state index in [1.807, 2.05) is 55.1 Å². The van der Waals surface area contributed by atoms with E-state index in [2.05, 4.69) is 4.90 Å². The number of amides is 1. The van der Waals surface area contributed by atoms with Gasteiger partial charge in [0.25, 0.3) is 5.91 Å². The number of para-hydroxylation sites is 1. The summed E-state index contributed by atoms with van der Waals surface area (Å²) in [6, 6.07) is 15.1. The standard InChI is InChI=1S/C25H26Cl2N2O3/c1-17-5-3-6-18(2)24(17)31-16-19-9-10-23(32-19)25(30)29-13-11-28(12-14-29)15-20-21(26)7-4-8-22(20)27/h3-10H,11-16H2,1-2H3. The number of furan rings is 1. The highest BCUT2D eigenvalue weighted by Gasteiger charge is 2.25. The largest absolute Gasteiger partial charge is 0.485 e. The van der Waals surface area contributed by atoms with E-state index in [-0.39, 0.29) is 12.5 Å². The smallest absolute Gasteiger partial charge is 0.289 e. The normalized spacial score (nSPS) is 14.6. The third-order valence-electron chi connectivity index (χ3n) is 5.74. The fourth-order valence-corrected chi connectivity index (χ4v) is 4.43. The van der Waals surface area contributed by atoms with Crippen LogP contribution in [0.5, 0.6) is 5.75 Å². The molecule has 0 unspecified atom stereocenters. The lowest BCUT2D eigenvalue weighted by Crippen LogP contribution is -2.48. The van der Waals surface area contributed by atoms with E-state index in [1.54, 1.807) is 12.1 Å². The van der Waals surface area contributed by atoms with Crippen LogP contribution in [-0.4, -0.2) is 41.9 Å². The van der Waals surface area contributed by atoms with E-state index in [4.69, 9.17) is 32.4 Å². The van der Waals surface area contributed by atoms with Crippen LogP contribution in [0.2, 0.25) is 10.0 Å². The van der Waals surface area contributed by atoms with E-state index in [0.29, 0.717) is 41.2 Å². The molecule has 32 heavy (non-hydrogen) atoms. The minimum absolute atomic E-state index is 0.0984. The minimum atomic E-state index is -0.0984. The van der Waals surface area contributed by atoms with Crippen LogP contribution in [0.15, 0.2) is 52.9 Å². The molecule has 0 aliphatic carbocycles. The first-order chi connectivity index (χ1) is 15.4. The maximum atomic E-state index is 12.9. The van der Waals surface area contributed by atoms with Gasteiger partial charge in [-0.2, -0.15) is 0 Å². The number of hydrogen-bond donors (Lipinski definition) is 0. The van der Waals surface area contributed by atoms with Gasteiger partial charge < -0.3 is 14.1 Å². The first-order valence-electron chi connectivity index (χ1n) is 10.6. The molecule has 0 bridgehead atoms. The van der Waals surface area contributed by atoms with Crippen LogP contribution in [0, 0.1) is 13.8 Å². The number of carbonyl (C=O) groups is 1. The molecule has 1 fully saturated rings. The van der Waals surface area contributed by atoms with Crippen LogP contribution in [0.4, 0.5) is 0 Å². The highest BCUT2D eigenvalue weighted by molar-refractivity contribution is 6.35. The average molecular weight is 473 g/mol. The van der Waals surface area contributed by atoms with Gasteiger partial charge in [0.2, 0.25) is 0 Å². The molecule has 1 saturated heterocycles. The van der Waals surface area contributed by atoms with Gasteiger partial charge in [-0.3, -0.25) is 9.69 Å². The quantitative estimate of drug-likeness (QED) is 0.458. The Morgan fingerprint density at radius 2 is 1.56 bits per heavy atom. The molecule has 0 radical (unpaired) electrons. The third-order valence-corrected chi connectivity index (χ3v) is 6.45. The third kappa shape index (κ3) is 5.12. The molecule has 4 rings (SSSR count). The Balaban J connectivity index is 1.31. The number of aryl methyl sites for hydroxylation is 2. The predicted octanol–water partition coefficient (Wildman–Crippen LogP) is 5.74. The highest BCUT2D eigenvalue weighted by Crippen LogP contribution is 2.27. The number of carbonyl (C=O) groups excluding carboxylic acids is 1. The van der Waals surface area contributed by atoms with Crippen molar-refractivity contribution in [1.29, 1.82) is 0 Å². The number of piperazine rings is 1. The molecule has 0 atom stereocenters. The maximum Gasteiger partial charge on any atom is 0.289 e. The Hall–Kier alpha value is -2.47. The lowest BCUT2D eigenvalue weighted by atomic mass is 10.1. The number of halogens is 2. The molecule has 5 nitrogen and oxygen atoms in total. The Bertz CT molecular complexity index is 1060. The van der Waals surface area contributed by atoms with E-state index < -0.39 is 0 Å². The van der Waals surface area contributed by atoms with Crippen molar-refractivity contribution in [2.45, 2.75) is 27.0 Å². The SMILES string of the molecule is Cc1cccc(C)c1OCc1ccc(C(=O)N2CCN(Cc3c(Cl)cccc3Cl)CC2)o1. The second-order valence-corrected chi connectivity index (χ2v) is 8.86. The van der Waals surface area contributed by atoms with Crippen LogP contribution in [0.25, 0.3) is 0 Å². The first kappa shape index (κ1) is 22.7. The molecule has 2 heterocycles. The van der Waals surface area contributed by atoms with Crippen molar-refractivity contribution >= 4 is 29.1 Å². The van der Waals surface area contributed by atoms with Gasteiger partial charge in [-0.05, 0) is 49.2 Å². The van der Waals surface area contributed by atoms with Crippen molar-refractivity contribution in [3.8, 4) is 5.75 Å². The molecule has 1 amide bonds. The van der Waals surface area contributed by atoms with E-state index in [9.17, 15) is 4.79 Å². The summed E-state index contributed by atoms with van der Waals surface area (Å²) in [5, 5.41) is 1.34. The summed E-state index contributed by atoms with van der Waals surface area (Å²) >= 11 is 12.6. The van der Waals surface area contributed by atoms with Crippen molar-refractivity contribution in [3.63, 3.8) is 0 Å². The molecular formula is C25H26Cl2N2O3. The van der Waals surface area contributed by atoms with Crippen molar-refractivity contribution in [2.75, 3.05) is 26.2 Å². The summed E-state index contributed by atoms with van der Waals surface area (Å²) in [4.78, 5) is 17.0. The highest BCUT2D eigenvalue weighted by atomic mass is 35.5. The predicted molar refractivity (Wildman–Crippen MR) is 127 cm³/mol. The van der Waals surface area contributed by atoms with Crippen LogP contribution in [0.1, 0.15) is 33.0 Å². The lowest BCUT2D eigenvalue weighted by Gasteiger charge is -2.34. The molecule has 0 N–H and O–H groups in total. The zero-order valence-electron chi connectivity index (χ0n) is 18.2. The Morgan fingerprint density at radius 1 is 0.938 bits per heavy atom. The van der Waals surface area contributed by atoms with E-state index in [0.717, 1.165) is 35.5 Å². The molecule has 0 spiro atoms. The molecule has 0 saturated carbocycles. The molecular weight excluding hydrogens is 447 g/mol. The van der Waals surface area contributed by atoms with Crippen LogP contribution < -0.4 is 4.74 Å². The van der Waals surface area contributed by atoms with Crippen molar-refractivity contribution < 1.29 is 13.9 Å². The van der Waals surface area contributed by atoms with Gasteiger partial charge in [0, 0.05) is 48.3 Å². The summed E-state index contributed by atoms with van der Waals surface area (Å²) in [6.07, 6.45) is 0. The Labute approximate surface area is 198 Å². The molecule has 3 aromatic rings. The van der Waals surface area contributed by atoms with Crippen LogP contribution in [0.3, 0.4) is 0 Å². The summed E-state index contributed by atoms with van der Waals surface area (Å²) in [7, 11) is 0. The van der Waals surface area contributed by atoms with Gasteiger partial charge in [-0.25, -0.2) is 0 Å². The van der Waals surface area contributed by atoms with Gasteiger partial charge >= 0.3 is 0 Å². The van der Waals surface area contributed by atoms with Crippen molar-refractivity contribution in [3.05, 3.63) is 86.8 Å². The fraction of sp³-hybridized carbons (Fsp3) is 0.320. The summed E-state index contributed by atoms with van der Waals surface area (Å²) in [5.41, 5.74) is 3.07. The molecule has 2 aromatic carbocycles. The first-order valence-corrected chi connectivity index (χ1v) is 11.4. The van der Waals surface area contributed by atoms with Crippen molar-refractivity contribution in [1.82, 2.24) is 9.80 Å². The maximum absolute atomic E-state index is 12.9. The average Bonchev–Trinajstić information content (AvgIpc) is 3.25. The van der Waals surface area contributed by atoms with Crippen LogP contribution >= 0.6 is 23.2 Å². The van der Waals surface area contributed by atoms with E-state index >= 15 is 0 Å². The van der Waals surface area contributed by atoms with Crippen LogP contribution in [-0.2, 0) is 13.2 Å².